The van der Waals surface area contributed by atoms with Crippen molar-refractivity contribution in [1.82, 2.24) is 5.32 Å². The third kappa shape index (κ3) is 2.22. The molecule has 0 aromatic heterocycles. The molecule has 1 aliphatic rings. The van der Waals surface area contributed by atoms with E-state index in [1.54, 1.807) is 0 Å². The summed E-state index contributed by atoms with van der Waals surface area (Å²) in [5, 5.41) is 3.56. The molecule has 16 heavy (non-hydrogen) atoms. The molecule has 88 valence electrons. The maximum atomic E-state index is 3.56. The summed E-state index contributed by atoms with van der Waals surface area (Å²) in [4.78, 5) is 2.52. The number of nitrogens with zero attached hydrogens (tertiary/aromatic N) is 1. The Bertz CT molecular complexity index is 360. The van der Waals surface area contributed by atoms with E-state index in [2.05, 4.69) is 49.2 Å². The summed E-state index contributed by atoms with van der Waals surface area (Å²) >= 11 is 0. The monoisotopic (exact) mass is 218 g/mol. The van der Waals surface area contributed by atoms with Gasteiger partial charge in [-0.2, -0.15) is 0 Å². The van der Waals surface area contributed by atoms with Crippen LogP contribution in [-0.2, 0) is 0 Å². The van der Waals surface area contributed by atoms with Crippen molar-refractivity contribution in [1.29, 1.82) is 0 Å². The van der Waals surface area contributed by atoms with Crippen molar-refractivity contribution in [3.63, 3.8) is 0 Å². The maximum Gasteiger partial charge on any atom is 0.0399 e. The molecule has 0 spiro atoms. The highest BCUT2D eigenvalue weighted by Gasteiger charge is 2.19. The predicted octanol–water partition coefficient (Wildman–Crippen LogP) is 2.49. The first kappa shape index (κ1) is 11.5. The van der Waals surface area contributed by atoms with Gasteiger partial charge in [-0.1, -0.05) is 19.1 Å². The van der Waals surface area contributed by atoms with Crippen molar-refractivity contribution >= 4 is 5.69 Å². The zero-order valence-corrected chi connectivity index (χ0v) is 10.6. The number of piperazine rings is 1. The van der Waals surface area contributed by atoms with Gasteiger partial charge in [-0.25, -0.2) is 0 Å². The molecule has 2 heteroatoms. The van der Waals surface area contributed by atoms with Gasteiger partial charge in [0.25, 0.3) is 0 Å². The molecule has 0 radical (unpaired) electrons. The Hall–Kier alpha value is -1.02. The van der Waals surface area contributed by atoms with Gasteiger partial charge in [-0.05, 0) is 37.5 Å². The Kier molecular flexibility index (Phi) is 3.49. The molecule has 1 aromatic carbocycles. The minimum Gasteiger partial charge on any atom is -0.368 e. The van der Waals surface area contributed by atoms with Gasteiger partial charge < -0.3 is 10.2 Å². The third-order valence-corrected chi connectivity index (χ3v) is 3.67. The van der Waals surface area contributed by atoms with E-state index in [-0.39, 0.29) is 0 Å². The normalized spacial score (nSPS) is 21.2. The fourth-order valence-corrected chi connectivity index (χ4v) is 2.40. The first-order valence-electron chi connectivity index (χ1n) is 6.27. The van der Waals surface area contributed by atoms with Crippen LogP contribution >= 0.6 is 0 Å². The molecule has 1 heterocycles. The largest absolute Gasteiger partial charge is 0.368 e. The molecule has 0 aliphatic carbocycles. The van der Waals surface area contributed by atoms with Crippen LogP contribution in [0.1, 0.15) is 24.5 Å². The molecule has 1 saturated heterocycles. The average Bonchev–Trinajstić information content (AvgIpc) is 2.33. The lowest BCUT2D eigenvalue weighted by atomic mass is 10.1. The van der Waals surface area contributed by atoms with Crippen LogP contribution in [0, 0.1) is 13.8 Å². The number of aryl methyl sites for hydroxylation is 1. The quantitative estimate of drug-likeness (QED) is 0.820. The molecular weight excluding hydrogens is 196 g/mol. The van der Waals surface area contributed by atoms with Gasteiger partial charge in [-0.15, -0.1) is 0 Å². The van der Waals surface area contributed by atoms with Crippen LogP contribution in [0.3, 0.4) is 0 Å². The average molecular weight is 218 g/mol. The number of benzene rings is 1. The summed E-state index contributed by atoms with van der Waals surface area (Å²) in [6.07, 6.45) is 1.21. The van der Waals surface area contributed by atoms with Crippen molar-refractivity contribution in [2.45, 2.75) is 33.2 Å². The zero-order valence-electron chi connectivity index (χ0n) is 10.6. The molecule has 1 aliphatic heterocycles. The van der Waals surface area contributed by atoms with E-state index >= 15 is 0 Å². The smallest absolute Gasteiger partial charge is 0.0399 e. The van der Waals surface area contributed by atoms with Gasteiger partial charge in [0.05, 0.1) is 0 Å². The van der Waals surface area contributed by atoms with Crippen LogP contribution in [0.25, 0.3) is 0 Å². The van der Waals surface area contributed by atoms with Gasteiger partial charge in [0.1, 0.15) is 0 Å². The zero-order chi connectivity index (χ0) is 11.5. The molecule has 1 N–H and O–H groups in total. The van der Waals surface area contributed by atoms with Crippen molar-refractivity contribution < 1.29 is 0 Å². The summed E-state index contributed by atoms with van der Waals surface area (Å²) in [5.41, 5.74) is 4.24. The first-order valence-corrected chi connectivity index (χ1v) is 6.27. The second-order valence-electron chi connectivity index (χ2n) is 4.72. The molecule has 1 aromatic rings. The van der Waals surface area contributed by atoms with Gasteiger partial charge >= 0.3 is 0 Å². The number of nitrogens with one attached hydrogen (secondary N) is 1. The maximum absolute atomic E-state index is 3.56. The minimum atomic E-state index is 0.647. The Balaban J connectivity index is 2.20. The Labute approximate surface area is 98.7 Å². The minimum absolute atomic E-state index is 0.647. The SMILES string of the molecule is CCC1CN(c2cccc(C)c2C)CCN1. The van der Waals surface area contributed by atoms with Crippen molar-refractivity contribution in [3.05, 3.63) is 29.3 Å². The van der Waals surface area contributed by atoms with Gasteiger partial charge in [0, 0.05) is 31.4 Å². The number of hydrogen-bond donors (Lipinski definition) is 1. The number of anilines is 1. The highest BCUT2D eigenvalue weighted by molar-refractivity contribution is 5.56. The topological polar surface area (TPSA) is 15.3 Å². The molecule has 0 bridgehead atoms. The summed E-state index contributed by atoms with van der Waals surface area (Å²) in [6, 6.07) is 7.26. The molecule has 2 rings (SSSR count). The van der Waals surface area contributed by atoms with E-state index in [4.69, 9.17) is 0 Å². The van der Waals surface area contributed by atoms with Crippen LogP contribution < -0.4 is 10.2 Å². The van der Waals surface area contributed by atoms with E-state index < -0.39 is 0 Å². The van der Waals surface area contributed by atoms with Crippen LogP contribution in [0.2, 0.25) is 0 Å². The van der Waals surface area contributed by atoms with Crippen molar-refractivity contribution in [3.8, 4) is 0 Å². The Morgan fingerprint density at radius 1 is 1.38 bits per heavy atom. The fraction of sp³-hybridized carbons (Fsp3) is 0.571. The first-order chi connectivity index (χ1) is 7.72. The Morgan fingerprint density at radius 2 is 2.19 bits per heavy atom. The highest BCUT2D eigenvalue weighted by atomic mass is 15.2. The van der Waals surface area contributed by atoms with Gasteiger partial charge in [-0.3, -0.25) is 0 Å². The van der Waals surface area contributed by atoms with Crippen molar-refractivity contribution in [2.24, 2.45) is 0 Å². The van der Waals surface area contributed by atoms with E-state index in [1.165, 1.54) is 23.2 Å². The van der Waals surface area contributed by atoms with Crippen LogP contribution in [0.5, 0.6) is 0 Å². The summed E-state index contributed by atoms with van der Waals surface area (Å²) in [5.74, 6) is 0. The van der Waals surface area contributed by atoms with E-state index in [0.29, 0.717) is 6.04 Å². The molecule has 1 unspecified atom stereocenters. The van der Waals surface area contributed by atoms with Gasteiger partial charge in [0.15, 0.2) is 0 Å². The molecule has 1 fully saturated rings. The fourth-order valence-electron chi connectivity index (χ4n) is 2.40. The van der Waals surface area contributed by atoms with Crippen molar-refractivity contribution in [2.75, 3.05) is 24.5 Å². The second-order valence-corrected chi connectivity index (χ2v) is 4.72. The summed E-state index contributed by atoms with van der Waals surface area (Å²) in [7, 11) is 0. The van der Waals surface area contributed by atoms with E-state index in [9.17, 15) is 0 Å². The molecule has 2 nitrogen and oxygen atoms in total. The number of hydrogen-bond acceptors (Lipinski definition) is 2. The Morgan fingerprint density at radius 3 is 2.94 bits per heavy atom. The molecule has 0 amide bonds. The van der Waals surface area contributed by atoms with E-state index in [0.717, 1.165) is 19.6 Å². The lowest BCUT2D eigenvalue weighted by Crippen LogP contribution is -2.50. The standard InChI is InChI=1S/C14H22N2/c1-4-13-10-16(9-8-15-13)14-7-5-6-11(2)12(14)3/h5-7,13,15H,4,8-10H2,1-3H3. The van der Waals surface area contributed by atoms with E-state index in [1.807, 2.05) is 0 Å². The summed E-state index contributed by atoms with van der Waals surface area (Å²) in [6.45, 7) is 10.0. The molecule has 1 atom stereocenters. The predicted molar refractivity (Wildman–Crippen MR) is 70.2 cm³/mol. The van der Waals surface area contributed by atoms with Gasteiger partial charge in [0.2, 0.25) is 0 Å². The molecular formula is C14H22N2. The third-order valence-electron chi connectivity index (χ3n) is 3.67. The lowest BCUT2D eigenvalue weighted by Gasteiger charge is -2.36. The van der Waals surface area contributed by atoms with Crippen LogP contribution in [0.4, 0.5) is 5.69 Å². The lowest BCUT2D eigenvalue weighted by molar-refractivity contribution is 0.446. The number of rotatable bonds is 2. The summed E-state index contributed by atoms with van der Waals surface area (Å²) < 4.78 is 0. The van der Waals surface area contributed by atoms with Crippen LogP contribution in [-0.4, -0.2) is 25.7 Å². The highest BCUT2D eigenvalue weighted by Crippen LogP contribution is 2.23. The second kappa shape index (κ2) is 4.88. The molecule has 0 saturated carbocycles. The van der Waals surface area contributed by atoms with Crippen LogP contribution in [0.15, 0.2) is 18.2 Å².